The molecule has 0 radical (unpaired) electrons. The molecule has 1 fully saturated rings. The summed E-state index contributed by atoms with van der Waals surface area (Å²) >= 11 is 0. The standard InChI is InChI=1S/C22H25F3N4O/c1-28-10-11-29(14-16(28)9-12-30-2)21-17-13-15(22(23,24)25)7-8-18(17)26-19-5-3-4-6-20(19)27-21/h3-8,13,16,26H,9-12,14H2,1-2H3/t16-/m0/s1. The minimum absolute atomic E-state index is 0.238. The number of halogens is 3. The zero-order chi connectivity index (χ0) is 21.3. The summed E-state index contributed by atoms with van der Waals surface area (Å²) in [5, 5.41) is 3.27. The van der Waals surface area contributed by atoms with Crippen LogP contribution >= 0.6 is 0 Å². The van der Waals surface area contributed by atoms with Crippen LogP contribution in [0.3, 0.4) is 0 Å². The van der Waals surface area contributed by atoms with Gasteiger partial charge in [-0.25, -0.2) is 4.99 Å². The van der Waals surface area contributed by atoms with Gasteiger partial charge in [0.1, 0.15) is 5.84 Å². The number of ether oxygens (including phenoxy) is 1. The van der Waals surface area contributed by atoms with Crippen molar-refractivity contribution in [1.82, 2.24) is 9.80 Å². The second-order valence-corrected chi connectivity index (χ2v) is 7.70. The van der Waals surface area contributed by atoms with Crippen LogP contribution in [0.2, 0.25) is 0 Å². The van der Waals surface area contributed by atoms with Gasteiger partial charge in [-0.15, -0.1) is 0 Å². The summed E-state index contributed by atoms with van der Waals surface area (Å²) in [5.74, 6) is 0.573. The van der Waals surface area contributed by atoms with Crippen molar-refractivity contribution < 1.29 is 17.9 Å². The molecule has 0 spiro atoms. The van der Waals surface area contributed by atoms with Crippen LogP contribution in [0.5, 0.6) is 0 Å². The van der Waals surface area contributed by atoms with Gasteiger partial charge < -0.3 is 15.0 Å². The summed E-state index contributed by atoms with van der Waals surface area (Å²) in [7, 11) is 3.74. The number of nitrogens with zero attached hydrogens (tertiary/aromatic N) is 3. The summed E-state index contributed by atoms with van der Waals surface area (Å²) in [6, 6.07) is 11.6. The highest BCUT2D eigenvalue weighted by atomic mass is 19.4. The second kappa shape index (κ2) is 8.28. The van der Waals surface area contributed by atoms with E-state index in [2.05, 4.69) is 22.2 Å². The van der Waals surface area contributed by atoms with Crippen molar-refractivity contribution >= 4 is 22.9 Å². The van der Waals surface area contributed by atoms with E-state index in [-0.39, 0.29) is 6.04 Å². The molecule has 2 aromatic carbocycles. The van der Waals surface area contributed by atoms with E-state index in [1.807, 2.05) is 24.3 Å². The molecule has 0 aromatic heterocycles. The Balaban J connectivity index is 1.78. The molecule has 1 atom stereocenters. The molecule has 0 saturated carbocycles. The number of fused-ring (bicyclic) bond motifs is 2. The lowest BCUT2D eigenvalue weighted by atomic mass is 10.0. The number of methoxy groups -OCH3 is 1. The zero-order valence-electron chi connectivity index (χ0n) is 17.0. The summed E-state index contributed by atoms with van der Waals surface area (Å²) in [5.41, 5.74) is 1.91. The third-order valence-corrected chi connectivity index (χ3v) is 5.72. The maximum Gasteiger partial charge on any atom is 0.416 e. The Morgan fingerprint density at radius 2 is 1.93 bits per heavy atom. The number of hydrogen-bond donors (Lipinski definition) is 1. The summed E-state index contributed by atoms with van der Waals surface area (Å²) in [6.07, 6.45) is -3.57. The highest BCUT2D eigenvalue weighted by Gasteiger charge is 2.34. The van der Waals surface area contributed by atoms with Gasteiger partial charge in [0.15, 0.2) is 0 Å². The fourth-order valence-electron chi connectivity index (χ4n) is 3.96. The molecule has 2 heterocycles. The van der Waals surface area contributed by atoms with E-state index >= 15 is 0 Å². The first-order chi connectivity index (χ1) is 14.4. The summed E-state index contributed by atoms with van der Waals surface area (Å²) in [4.78, 5) is 9.20. The van der Waals surface area contributed by atoms with Crippen LogP contribution in [0.25, 0.3) is 0 Å². The topological polar surface area (TPSA) is 40.1 Å². The van der Waals surface area contributed by atoms with Crippen molar-refractivity contribution in [2.75, 3.05) is 45.7 Å². The molecule has 2 aliphatic heterocycles. The molecule has 160 valence electrons. The Kier molecular flexibility index (Phi) is 5.71. The van der Waals surface area contributed by atoms with Gasteiger partial charge in [-0.1, -0.05) is 12.1 Å². The number of anilines is 2. The minimum Gasteiger partial charge on any atom is -0.385 e. The van der Waals surface area contributed by atoms with Crippen molar-refractivity contribution in [3.05, 3.63) is 53.6 Å². The Morgan fingerprint density at radius 3 is 2.70 bits per heavy atom. The highest BCUT2D eigenvalue weighted by molar-refractivity contribution is 6.08. The van der Waals surface area contributed by atoms with Gasteiger partial charge in [-0.2, -0.15) is 13.2 Å². The molecule has 8 heteroatoms. The van der Waals surface area contributed by atoms with Crippen molar-refractivity contribution in [3.8, 4) is 0 Å². The molecule has 0 bridgehead atoms. The van der Waals surface area contributed by atoms with Gasteiger partial charge in [-0.3, -0.25) is 4.90 Å². The maximum absolute atomic E-state index is 13.4. The second-order valence-electron chi connectivity index (χ2n) is 7.70. The molecular weight excluding hydrogens is 393 g/mol. The third kappa shape index (κ3) is 4.15. The van der Waals surface area contributed by atoms with E-state index in [0.29, 0.717) is 42.5 Å². The Hall–Kier alpha value is -2.58. The monoisotopic (exact) mass is 418 g/mol. The average Bonchev–Trinajstić information content (AvgIpc) is 2.88. The van der Waals surface area contributed by atoms with Crippen LogP contribution < -0.4 is 5.32 Å². The Bertz CT molecular complexity index is 944. The molecule has 30 heavy (non-hydrogen) atoms. The van der Waals surface area contributed by atoms with Gasteiger partial charge in [0.25, 0.3) is 0 Å². The number of benzene rings is 2. The number of aliphatic imine (C=N–C) groups is 1. The van der Waals surface area contributed by atoms with E-state index in [1.54, 1.807) is 7.11 Å². The van der Waals surface area contributed by atoms with Crippen LogP contribution in [0.15, 0.2) is 47.5 Å². The smallest absolute Gasteiger partial charge is 0.385 e. The first-order valence-electron chi connectivity index (χ1n) is 9.97. The van der Waals surface area contributed by atoms with Gasteiger partial charge in [-0.05, 0) is 43.8 Å². The first-order valence-corrected chi connectivity index (χ1v) is 9.97. The van der Waals surface area contributed by atoms with E-state index in [9.17, 15) is 13.2 Å². The van der Waals surface area contributed by atoms with Gasteiger partial charge in [0, 0.05) is 50.6 Å². The van der Waals surface area contributed by atoms with Gasteiger partial charge in [0.05, 0.1) is 16.9 Å². The van der Waals surface area contributed by atoms with Crippen molar-refractivity contribution in [3.63, 3.8) is 0 Å². The highest BCUT2D eigenvalue weighted by Crippen LogP contribution is 2.38. The lowest BCUT2D eigenvalue weighted by Crippen LogP contribution is -2.53. The van der Waals surface area contributed by atoms with Crippen LogP contribution in [-0.2, 0) is 10.9 Å². The number of amidine groups is 1. The number of hydrogen-bond acceptors (Lipinski definition) is 5. The molecular formula is C22H25F3N4O. The normalized spacial score (nSPS) is 19.4. The third-order valence-electron chi connectivity index (χ3n) is 5.72. The first kappa shape index (κ1) is 20.7. The minimum atomic E-state index is -4.41. The van der Waals surface area contributed by atoms with Crippen LogP contribution in [0.4, 0.5) is 30.2 Å². The largest absolute Gasteiger partial charge is 0.416 e. The Labute approximate surface area is 174 Å². The average molecular weight is 418 g/mol. The van der Waals surface area contributed by atoms with E-state index < -0.39 is 11.7 Å². The molecule has 2 aliphatic rings. The molecule has 2 aromatic rings. The number of likely N-dealkylation sites (N-methyl/N-ethyl adjacent to an activating group) is 1. The predicted octanol–water partition coefficient (Wildman–Crippen LogP) is 4.49. The maximum atomic E-state index is 13.4. The summed E-state index contributed by atoms with van der Waals surface area (Å²) < 4.78 is 45.6. The molecule has 1 saturated heterocycles. The van der Waals surface area contributed by atoms with Gasteiger partial charge in [0.2, 0.25) is 0 Å². The molecule has 5 nitrogen and oxygen atoms in total. The number of alkyl halides is 3. The van der Waals surface area contributed by atoms with E-state index in [4.69, 9.17) is 9.73 Å². The van der Waals surface area contributed by atoms with Crippen LogP contribution in [0.1, 0.15) is 17.5 Å². The zero-order valence-corrected chi connectivity index (χ0v) is 17.0. The predicted molar refractivity (Wildman–Crippen MR) is 112 cm³/mol. The lowest BCUT2D eigenvalue weighted by Gasteiger charge is -2.41. The van der Waals surface area contributed by atoms with Crippen LogP contribution in [0, 0.1) is 0 Å². The number of piperazine rings is 1. The van der Waals surface area contributed by atoms with Crippen molar-refractivity contribution in [1.29, 1.82) is 0 Å². The van der Waals surface area contributed by atoms with Crippen molar-refractivity contribution in [2.24, 2.45) is 4.99 Å². The van der Waals surface area contributed by atoms with E-state index in [0.717, 1.165) is 24.7 Å². The summed E-state index contributed by atoms with van der Waals surface area (Å²) in [6.45, 7) is 2.80. The van der Waals surface area contributed by atoms with Crippen LogP contribution in [-0.4, -0.2) is 62.1 Å². The fourth-order valence-corrected chi connectivity index (χ4v) is 3.96. The quantitative estimate of drug-likeness (QED) is 0.797. The van der Waals surface area contributed by atoms with E-state index in [1.165, 1.54) is 12.1 Å². The molecule has 0 aliphatic carbocycles. The molecule has 1 N–H and O–H groups in total. The number of rotatable bonds is 3. The Morgan fingerprint density at radius 1 is 1.13 bits per heavy atom. The fraction of sp³-hybridized carbons (Fsp3) is 0.409. The number of para-hydroxylation sites is 2. The van der Waals surface area contributed by atoms with Gasteiger partial charge >= 0.3 is 6.18 Å². The molecule has 0 unspecified atom stereocenters. The lowest BCUT2D eigenvalue weighted by molar-refractivity contribution is -0.137. The SMILES string of the molecule is COCC[C@H]1CN(C2=Nc3ccccc3Nc3ccc(C(F)(F)F)cc32)CCN1C. The molecule has 0 amide bonds. The molecule has 4 rings (SSSR count). The number of nitrogens with one attached hydrogen (secondary N) is 1. The van der Waals surface area contributed by atoms with Crippen molar-refractivity contribution in [2.45, 2.75) is 18.6 Å².